The minimum Gasteiger partial charge on any atom is -0.460 e. The Balaban J connectivity index is 2.02. The molecule has 0 spiro atoms. The Kier molecular flexibility index (Phi) is 7.13. The molecule has 0 saturated carbocycles. The van der Waals surface area contributed by atoms with Crippen LogP contribution in [0.3, 0.4) is 0 Å². The predicted octanol–water partition coefficient (Wildman–Crippen LogP) is 2.90. The highest BCUT2D eigenvalue weighted by Gasteiger charge is 2.34. The number of methoxy groups -OCH3 is 1. The first-order chi connectivity index (χ1) is 15.3. The number of carbonyl (C=O) groups is 1. The van der Waals surface area contributed by atoms with Crippen LogP contribution in [0.25, 0.3) is 0 Å². The second-order valence-electron chi connectivity index (χ2n) is 7.05. The lowest BCUT2D eigenvalue weighted by Gasteiger charge is -2.35. The van der Waals surface area contributed by atoms with Crippen LogP contribution >= 0.6 is 0 Å². The second kappa shape index (κ2) is 9.98. The molecule has 11 nitrogen and oxygen atoms in total. The number of hydrogen-bond donors (Lipinski definition) is 2. The number of nitrogens with zero attached hydrogens (tertiary/aromatic N) is 2. The summed E-state index contributed by atoms with van der Waals surface area (Å²) in [6.45, 7) is 1.95. The van der Waals surface area contributed by atoms with Gasteiger partial charge in [0.15, 0.2) is 0 Å². The summed E-state index contributed by atoms with van der Waals surface area (Å²) in [7, 11) is 1.48. The maximum Gasteiger partial charge on any atom is 0.337 e. The van der Waals surface area contributed by atoms with E-state index in [9.17, 15) is 25.0 Å². The van der Waals surface area contributed by atoms with Gasteiger partial charge < -0.3 is 14.8 Å². The zero-order valence-corrected chi connectivity index (χ0v) is 17.4. The first kappa shape index (κ1) is 22.8. The Morgan fingerprint density at radius 3 is 2.19 bits per heavy atom. The molecule has 1 aliphatic rings. The van der Waals surface area contributed by atoms with Crippen molar-refractivity contribution in [2.45, 2.75) is 19.1 Å². The lowest BCUT2D eigenvalue weighted by atomic mass is 9.93. The van der Waals surface area contributed by atoms with E-state index in [0.717, 1.165) is 0 Å². The van der Waals surface area contributed by atoms with Crippen molar-refractivity contribution >= 4 is 17.3 Å². The number of hydrogen-bond acceptors (Lipinski definition) is 9. The van der Waals surface area contributed by atoms with E-state index in [-0.39, 0.29) is 30.2 Å². The van der Waals surface area contributed by atoms with Gasteiger partial charge in [0.2, 0.25) is 0 Å². The fraction of sp³-hybridized carbons (Fsp3) is 0.286. The van der Waals surface area contributed by atoms with Crippen LogP contribution in [0.1, 0.15) is 30.3 Å². The molecular weight excluding hydrogens is 420 g/mol. The van der Waals surface area contributed by atoms with Gasteiger partial charge in [-0.1, -0.05) is 24.3 Å². The van der Waals surface area contributed by atoms with Gasteiger partial charge in [0.05, 0.1) is 28.1 Å². The van der Waals surface area contributed by atoms with Crippen LogP contribution in [0.5, 0.6) is 0 Å². The van der Waals surface area contributed by atoms with Crippen molar-refractivity contribution in [2.24, 2.45) is 0 Å². The maximum atomic E-state index is 12.8. The Bertz CT molecular complexity index is 1070. The fourth-order valence-corrected chi connectivity index (χ4v) is 3.45. The number of benzene rings is 2. The highest BCUT2D eigenvalue weighted by molar-refractivity contribution is 5.91. The van der Waals surface area contributed by atoms with E-state index < -0.39 is 28.0 Å². The lowest BCUT2D eigenvalue weighted by Crippen LogP contribution is -2.44. The number of non-ortho nitro benzene ring substituents is 2. The van der Waals surface area contributed by atoms with E-state index in [1.54, 1.807) is 25.1 Å². The summed E-state index contributed by atoms with van der Waals surface area (Å²) >= 11 is 0. The average Bonchev–Trinajstić information content (AvgIpc) is 2.78. The summed E-state index contributed by atoms with van der Waals surface area (Å²) in [5.41, 5.74) is 1.58. The van der Waals surface area contributed by atoms with Crippen molar-refractivity contribution in [2.75, 3.05) is 20.3 Å². The molecule has 0 amide bonds. The number of nitro benzene ring substituents is 2. The van der Waals surface area contributed by atoms with E-state index in [1.165, 1.54) is 37.4 Å². The second-order valence-corrected chi connectivity index (χ2v) is 7.05. The van der Waals surface area contributed by atoms with Crippen LogP contribution in [0, 0.1) is 20.2 Å². The molecule has 168 valence electrons. The summed E-state index contributed by atoms with van der Waals surface area (Å²) in [5, 5.41) is 28.8. The molecule has 11 heteroatoms. The number of esters is 1. The first-order valence-electron chi connectivity index (χ1n) is 9.70. The Labute approximate surface area is 183 Å². The van der Waals surface area contributed by atoms with E-state index in [0.29, 0.717) is 16.8 Å². The van der Waals surface area contributed by atoms with E-state index >= 15 is 0 Å². The van der Waals surface area contributed by atoms with Gasteiger partial charge >= 0.3 is 5.97 Å². The monoisotopic (exact) mass is 442 g/mol. The maximum absolute atomic E-state index is 12.8. The number of carbonyl (C=O) groups excluding carboxylic acids is 1. The normalized spacial score (nSPS) is 18.1. The van der Waals surface area contributed by atoms with Gasteiger partial charge in [0.25, 0.3) is 11.4 Å². The molecule has 0 radical (unpaired) electrons. The van der Waals surface area contributed by atoms with E-state index in [4.69, 9.17) is 9.47 Å². The molecule has 0 fully saturated rings. The molecule has 0 bridgehead atoms. The van der Waals surface area contributed by atoms with Crippen LogP contribution in [0.2, 0.25) is 0 Å². The molecule has 0 saturated heterocycles. The minimum absolute atomic E-state index is 0.0437. The van der Waals surface area contributed by atoms with Crippen molar-refractivity contribution in [1.82, 2.24) is 10.6 Å². The third kappa shape index (κ3) is 5.07. The molecule has 0 aromatic heterocycles. The van der Waals surface area contributed by atoms with Crippen molar-refractivity contribution in [1.29, 1.82) is 0 Å². The summed E-state index contributed by atoms with van der Waals surface area (Å²) in [5.74, 6) is -0.603. The van der Waals surface area contributed by atoms with Gasteiger partial charge in [-0.15, -0.1) is 0 Å². The fourth-order valence-electron chi connectivity index (χ4n) is 3.45. The summed E-state index contributed by atoms with van der Waals surface area (Å²) in [4.78, 5) is 34.3. The molecule has 2 atom stereocenters. The zero-order valence-electron chi connectivity index (χ0n) is 17.4. The standard InChI is InChI=1S/C21H22N4O7/c1-13-18(21(26)32-10-9-31-2)19(14-5-3-7-16(11-14)24(27)28)23-20(22-13)15-6-4-8-17(12-15)25(29)30/h3-8,11-12,19-20,22-23H,9-10H2,1-2H3/t19-,20-/m1/s1. The highest BCUT2D eigenvalue weighted by atomic mass is 16.6. The predicted molar refractivity (Wildman–Crippen MR) is 113 cm³/mol. The zero-order chi connectivity index (χ0) is 23.3. The molecule has 2 aromatic carbocycles. The van der Waals surface area contributed by atoms with Crippen molar-refractivity contribution in [3.8, 4) is 0 Å². The van der Waals surface area contributed by atoms with Crippen molar-refractivity contribution < 1.29 is 24.1 Å². The Hall–Kier alpha value is -3.83. The molecular formula is C21H22N4O7. The van der Waals surface area contributed by atoms with Crippen LogP contribution in [-0.4, -0.2) is 36.1 Å². The number of allylic oxidation sites excluding steroid dienone is 1. The Morgan fingerprint density at radius 2 is 1.59 bits per heavy atom. The largest absolute Gasteiger partial charge is 0.460 e. The van der Waals surface area contributed by atoms with Gasteiger partial charge in [-0.2, -0.15) is 0 Å². The smallest absolute Gasteiger partial charge is 0.337 e. The van der Waals surface area contributed by atoms with Crippen LogP contribution in [-0.2, 0) is 14.3 Å². The topological polar surface area (TPSA) is 146 Å². The van der Waals surface area contributed by atoms with Crippen molar-refractivity contribution in [3.05, 3.63) is 91.2 Å². The van der Waals surface area contributed by atoms with Crippen molar-refractivity contribution in [3.63, 3.8) is 0 Å². The molecule has 1 aliphatic heterocycles. The molecule has 32 heavy (non-hydrogen) atoms. The molecule has 0 unspecified atom stereocenters. The third-order valence-electron chi connectivity index (χ3n) is 4.96. The lowest BCUT2D eigenvalue weighted by molar-refractivity contribution is -0.385. The van der Waals surface area contributed by atoms with Gasteiger partial charge in [-0.25, -0.2) is 4.79 Å². The molecule has 2 N–H and O–H groups in total. The van der Waals surface area contributed by atoms with Gasteiger partial charge in [-0.05, 0) is 18.1 Å². The van der Waals surface area contributed by atoms with Crippen LogP contribution < -0.4 is 10.6 Å². The van der Waals surface area contributed by atoms with Crippen LogP contribution in [0.15, 0.2) is 59.8 Å². The summed E-state index contributed by atoms with van der Waals surface area (Å²) in [6, 6.07) is 11.2. The molecule has 3 rings (SSSR count). The van der Waals surface area contributed by atoms with Gasteiger partial charge in [0.1, 0.15) is 12.8 Å². The molecule has 1 heterocycles. The van der Waals surface area contributed by atoms with E-state index in [2.05, 4.69) is 10.6 Å². The van der Waals surface area contributed by atoms with Gasteiger partial charge in [-0.3, -0.25) is 25.5 Å². The Morgan fingerprint density at radius 1 is 1.00 bits per heavy atom. The quantitative estimate of drug-likeness (QED) is 0.273. The molecule has 0 aliphatic carbocycles. The van der Waals surface area contributed by atoms with Gasteiger partial charge in [0, 0.05) is 37.1 Å². The number of rotatable bonds is 8. The number of nitro groups is 2. The number of nitrogens with one attached hydrogen (secondary N) is 2. The number of ether oxygens (including phenoxy) is 2. The summed E-state index contributed by atoms with van der Waals surface area (Å²) < 4.78 is 10.2. The average molecular weight is 442 g/mol. The summed E-state index contributed by atoms with van der Waals surface area (Å²) in [6.07, 6.45) is -0.588. The minimum atomic E-state index is -0.754. The van der Waals surface area contributed by atoms with E-state index in [1.807, 2.05) is 0 Å². The third-order valence-corrected chi connectivity index (χ3v) is 4.96. The highest BCUT2D eigenvalue weighted by Crippen LogP contribution is 2.34. The first-order valence-corrected chi connectivity index (χ1v) is 9.70. The van der Waals surface area contributed by atoms with Crippen LogP contribution in [0.4, 0.5) is 11.4 Å². The molecule has 2 aromatic rings. The SMILES string of the molecule is COCCOC(=O)C1=C(C)N[C@@H](c2cccc([N+](=O)[O-])c2)N[C@@H]1c1cccc([N+](=O)[O-])c1.